The normalized spacial score (nSPS) is 13.5. The molecular weight excluding hydrogens is 262 g/mol. The molecule has 0 radical (unpaired) electrons. The average molecular weight is 287 g/mol. The molecule has 2 heteroatoms. The minimum Gasteiger partial charge on any atom is -0.309 e. The van der Waals surface area contributed by atoms with Crippen molar-refractivity contribution < 1.29 is 0 Å². The summed E-state index contributed by atoms with van der Waals surface area (Å²) in [5.41, 5.74) is 4.35. The summed E-state index contributed by atoms with van der Waals surface area (Å²) in [6.45, 7) is 11.2. The van der Waals surface area contributed by atoms with Crippen LogP contribution in [-0.4, -0.2) is 7.05 Å². The third kappa shape index (κ3) is 2.97. The molecule has 108 valence electrons. The fourth-order valence-corrected chi connectivity index (χ4v) is 3.64. The first-order valence-electron chi connectivity index (χ1n) is 7.18. The highest BCUT2D eigenvalue weighted by Gasteiger charge is 2.21. The van der Waals surface area contributed by atoms with Crippen molar-refractivity contribution in [1.82, 2.24) is 5.32 Å². The Morgan fingerprint density at radius 2 is 1.75 bits per heavy atom. The van der Waals surface area contributed by atoms with E-state index in [0.717, 1.165) is 0 Å². The molecule has 2 aromatic rings. The lowest BCUT2D eigenvalue weighted by Crippen LogP contribution is -2.18. The van der Waals surface area contributed by atoms with Crippen LogP contribution >= 0.6 is 11.3 Å². The second-order valence-electron chi connectivity index (χ2n) is 6.46. The van der Waals surface area contributed by atoms with Gasteiger partial charge >= 0.3 is 0 Å². The van der Waals surface area contributed by atoms with Gasteiger partial charge < -0.3 is 5.32 Å². The highest BCUT2D eigenvalue weighted by atomic mass is 32.1. The highest BCUT2D eigenvalue weighted by molar-refractivity contribution is 7.12. The van der Waals surface area contributed by atoms with Crippen molar-refractivity contribution in [1.29, 1.82) is 0 Å². The Morgan fingerprint density at radius 3 is 2.30 bits per heavy atom. The highest BCUT2D eigenvalue weighted by Crippen LogP contribution is 2.35. The fourth-order valence-electron chi connectivity index (χ4n) is 2.45. The first-order valence-corrected chi connectivity index (χ1v) is 8.00. The van der Waals surface area contributed by atoms with Gasteiger partial charge in [0, 0.05) is 9.75 Å². The van der Waals surface area contributed by atoms with Gasteiger partial charge in [-0.15, -0.1) is 11.3 Å². The Morgan fingerprint density at radius 1 is 1.05 bits per heavy atom. The summed E-state index contributed by atoms with van der Waals surface area (Å²) in [5, 5.41) is 3.48. The monoisotopic (exact) mass is 287 g/mol. The summed E-state index contributed by atoms with van der Waals surface area (Å²) < 4.78 is 0. The number of hydrogen-bond acceptors (Lipinski definition) is 2. The Hall–Kier alpha value is -1.12. The van der Waals surface area contributed by atoms with Crippen molar-refractivity contribution in [3.05, 3.63) is 56.8 Å². The summed E-state index contributed by atoms with van der Waals surface area (Å²) >= 11 is 1.92. The Bertz CT molecular complexity index is 590. The van der Waals surface area contributed by atoms with Crippen LogP contribution in [0.4, 0.5) is 0 Å². The van der Waals surface area contributed by atoms with E-state index in [1.54, 1.807) is 0 Å². The lowest BCUT2D eigenvalue weighted by Gasteiger charge is -2.20. The van der Waals surface area contributed by atoms with E-state index in [0.29, 0.717) is 0 Å². The smallest absolute Gasteiger partial charge is 0.0671 e. The van der Waals surface area contributed by atoms with Crippen LogP contribution in [0.15, 0.2) is 30.3 Å². The van der Waals surface area contributed by atoms with Crippen LogP contribution < -0.4 is 5.32 Å². The van der Waals surface area contributed by atoms with E-state index in [1.165, 1.54) is 26.4 Å². The Balaban J connectivity index is 2.43. The standard InChI is InChI=1S/C18H25NS/c1-12-8-7-9-14(13(12)2)17(19-6)15-10-11-16(20-15)18(3,4)5/h7-11,17,19H,1-6H3. The van der Waals surface area contributed by atoms with Crippen molar-refractivity contribution in [3.63, 3.8) is 0 Å². The van der Waals surface area contributed by atoms with Crippen LogP contribution in [-0.2, 0) is 5.41 Å². The zero-order valence-electron chi connectivity index (χ0n) is 13.4. The number of hydrogen-bond donors (Lipinski definition) is 1. The van der Waals surface area contributed by atoms with Gasteiger partial charge in [0.25, 0.3) is 0 Å². The first kappa shape index (κ1) is 15.3. The van der Waals surface area contributed by atoms with Gasteiger partial charge in [-0.25, -0.2) is 0 Å². The molecule has 0 amide bonds. The molecule has 0 spiro atoms. The molecule has 2 rings (SSSR count). The number of nitrogens with one attached hydrogen (secondary N) is 1. The lowest BCUT2D eigenvalue weighted by atomic mass is 9.94. The van der Waals surface area contributed by atoms with E-state index in [-0.39, 0.29) is 11.5 Å². The molecule has 0 fully saturated rings. The molecule has 1 atom stereocenters. The van der Waals surface area contributed by atoms with E-state index in [2.05, 4.69) is 70.3 Å². The van der Waals surface area contributed by atoms with E-state index in [9.17, 15) is 0 Å². The second-order valence-corrected chi connectivity index (χ2v) is 7.58. The van der Waals surface area contributed by atoms with E-state index in [4.69, 9.17) is 0 Å². The summed E-state index contributed by atoms with van der Waals surface area (Å²) in [6.07, 6.45) is 0. The molecule has 20 heavy (non-hydrogen) atoms. The first-order chi connectivity index (χ1) is 9.34. The number of aryl methyl sites for hydroxylation is 1. The van der Waals surface area contributed by atoms with Crippen LogP contribution in [0.5, 0.6) is 0 Å². The van der Waals surface area contributed by atoms with E-state index >= 15 is 0 Å². The molecule has 1 heterocycles. The van der Waals surface area contributed by atoms with Crippen LogP contribution in [0, 0.1) is 13.8 Å². The van der Waals surface area contributed by atoms with Crippen LogP contribution in [0.2, 0.25) is 0 Å². The van der Waals surface area contributed by atoms with Gasteiger partial charge in [-0.05, 0) is 55.1 Å². The third-order valence-corrected chi connectivity index (χ3v) is 5.47. The average Bonchev–Trinajstić information content (AvgIpc) is 2.85. The molecule has 1 N–H and O–H groups in total. The topological polar surface area (TPSA) is 12.0 Å². The summed E-state index contributed by atoms with van der Waals surface area (Å²) in [4.78, 5) is 2.84. The zero-order valence-corrected chi connectivity index (χ0v) is 14.2. The maximum atomic E-state index is 3.48. The minimum atomic E-state index is 0.225. The second kappa shape index (κ2) is 5.71. The predicted octanol–water partition coefficient (Wildman–Crippen LogP) is 4.97. The fraction of sp³-hybridized carbons (Fsp3) is 0.444. The maximum absolute atomic E-state index is 3.48. The lowest BCUT2D eigenvalue weighted by molar-refractivity contribution is 0.604. The van der Waals surface area contributed by atoms with Crippen molar-refractivity contribution in [2.75, 3.05) is 7.05 Å². The van der Waals surface area contributed by atoms with Crippen molar-refractivity contribution >= 4 is 11.3 Å². The van der Waals surface area contributed by atoms with Crippen molar-refractivity contribution in [2.24, 2.45) is 0 Å². The molecule has 0 aliphatic heterocycles. The molecule has 0 saturated carbocycles. The maximum Gasteiger partial charge on any atom is 0.0671 e. The molecule has 1 nitrogen and oxygen atoms in total. The van der Waals surface area contributed by atoms with Gasteiger partial charge in [0.15, 0.2) is 0 Å². The number of benzene rings is 1. The molecule has 0 saturated heterocycles. The van der Waals surface area contributed by atoms with Gasteiger partial charge in [-0.3, -0.25) is 0 Å². The van der Waals surface area contributed by atoms with Crippen LogP contribution in [0.25, 0.3) is 0 Å². The quantitative estimate of drug-likeness (QED) is 0.840. The van der Waals surface area contributed by atoms with Crippen molar-refractivity contribution in [2.45, 2.75) is 46.1 Å². The molecule has 1 aromatic heterocycles. The largest absolute Gasteiger partial charge is 0.309 e. The number of thiophene rings is 1. The Labute approximate surface area is 127 Å². The van der Waals surface area contributed by atoms with Crippen molar-refractivity contribution in [3.8, 4) is 0 Å². The molecule has 0 bridgehead atoms. The van der Waals surface area contributed by atoms with Gasteiger partial charge in [-0.1, -0.05) is 39.0 Å². The van der Waals surface area contributed by atoms with E-state index in [1.807, 2.05) is 18.4 Å². The number of rotatable bonds is 3. The summed E-state index contributed by atoms with van der Waals surface area (Å²) in [6, 6.07) is 11.4. The third-order valence-electron chi connectivity index (χ3n) is 3.90. The van der Waals surface area contributed by atoms with Crippen LogP contribution in [0.3, 0.4) is 0 Å². The molecule has 0 aliphatic carbocycles. The van der Waals surface area contributed by atoms with Gasteiger partial charge in [0.2, 0.25) is 0 Å². The van der Waals surface area contributed by atoms with Gasteiger partial charge in [0.1, 0.15) is 0 Å². The molecule has 0 aliphatic rings. The van der Waals surface area contributed by atoms with Gasteiger partial charge in [0.05, 0.1) is 6.04 Å². The zero-order chi connectivity index (χ0) is 14.9. The van der Waals surface area contributed by atoms with Gasteiger partial charge in [-0.2, -0.15) is 0 Å². The van der Waals surface area contributed by atoms with Crippen LogP contribution in [0.1, 0.15) is 53.3 Å². The Kier molecular flexibility index (Phi) is 4.36. The van der Waals surface area contributed by atoms with E-state index < -0.39 is 0 Å². The predicted molar refractivity (Wildman–Crippen MR) is 89.8 cm³/mol. The molecular formula is C18H25NS. The summed E-state index contributed by atoms with van der Waals surface area (Å²) in [5.74, 6) is 0. The minimum absolute atomic E-state index is 0.225. The SMILES string of the molecule is CNC(c1ccc(C(C)(C)C)s1)c1cccc(C)c1C. The molecule has 1 unspecified atom stereocenters. The summed E-state index contributed by atoms with van der Waals surface area (Å²) in [7, 11) is 2.04. The molecule has 1 aromatic carbocycles.